The van der Waals surface area contributed by atoms with Crippen molar-refractivity contribution in [1.82, 2.24) is 10.6 Å². The van der Waals surface area contributed by atoms with Crippen LogP contribution in [0.4, 0.5) is 0 Å². The molecule has 0 bridgehead atoms. The van der Waals surface area contributed by atoms with E-state index in [0.717, 1.165) is 0 Å². The normalized spacial score (nSPS) is 16.5. The van der Waals surface area contributed by atoms with Gasteiger partial charge in [-0.1, -0.05) is 34.1 Å². The second-order valence-electron chi connectivity index (χ2n) is 5.72. The third-order valence-corrected chi connectivity index (χ3v) is 3.98. The molecule has 0 aliphatic heterocycles. The van der Waals surface area contributed by atoms with Gasteiger partial charge in [-0.3, -0.25) is 9.59 Å². The van der Waals surface area contributed by atoms with Crippen molar-refractivity contribution in [2.45, 2.75) is 52.2 Å². The molecule has 0 aliphatic rings. The third-order valence-electron chi connectivity index (χ3n) is 3.61. The van der Waals surface area contributed by atoms with E-state index in [1.807, 2.05) is 6.92 Å². The Morgan fingerprint density at radius 2 is 1.68 bits per heavy atom. The number of hydrogen-bond acceptors (Lipinski definition) is 5. The fourth-order valence-electron chi connectivity index (χ4n) is 1.70. The number of amides is 2. The van der Waals surface area contributed by atoms with Crippen LogP contribution < -0.4 is 16.4 Å². The smallest absolute Gasteiger partial charge is 0.326 e. The van der Waals surface area contributed by atoms with E-state index in [-0.39, 0.29) is 17.6 Å². The van der Waals surface area contributed by atoms with Gasteiger partial charge in [-0.25, -0.2) is 4.79 Å². The zero-order valence-corrected chi connectivity index (χ0v) is 14.4. The van der Waals surface area contributed by atoms with Gasteiger partial charge in [0.1, 0.15) is 12.1 Å². The van der Waals surface area contributed by atoms with E-state index in [9.17, 15) is 19.5 Å². The molecular formula is C14H27N3O4S. The van der Waals surface area contributed by atoms with Crippen LogP contribution in [0.15, 0.2) is 0 Å². The van der Waals surface area contributed by atoms with Gasteiger partial charge in [0.15, 0.2) is 0 Å². The van der Waals surface area contributed by atoms with Crippen molar-refractivity contribution in [3.63, 3.8) is 0 Å². The first-order valence-electron chi connectivity index (χ1n) is 7.35. The zero-order chi connectivity index (χ0) is 17.4. The Balaban J connectivity index is 4.84. The van der Waals surface area contributed by atoms with E-state index in [4.69, 9.17) is 5.73 Å². The lowest BCUT2D eigenvalue weighted by molar-refractivity contribution is -0.143. The van der Waals surface area contributed by atoms with E-state index in [0.29, 0.717) is 6.42 Å². The van der Waals surface area contributed by atoms with Crippen molar-refractivity contribution < 1.29 is 19.5 Å². The highest BCUT2D eigenvalue weighted by molar-refractivity contribution is 7.80. The molecule has 2 amide bonds. The third kappa shape index (κ3) is 6.23. The number of nitrogens with two attached hydrogens (primary N) is 1. The molecular weight excluding hydrogens is 306 g/mol. The van der Waals surface area contributed by atoms with Crippen LogP contribution in [-0.2, 0) is 14.4 Å². The Morgan fingerprint density at radius 3 is 2.05 bits per heavy atom. The van der Waals surface area contributed by atoms with E-state index in [1.54, 1.807) is 20.8 Å². The molecule has 0 fully saturated rings. The summed E-state index contributed by atoms with van der Waals surface area (Å²) in [6, 6.07) is -2.66. The van der Waals surface area contributed by atoms with Gasteiger partial charge in [-0.05, 0) is 11.8 Å². The van der Waals surface area contributed by atoms with Crippen LogP contribution in [0.25, 0.3) is 0 Å². The van der Waals surface area contributed by atoms with E-state index in [2.05, 4.69) is 23.3 Å². The minimum absolute atomic E-state index is 0.0508. The van der Waals surface area contributed by atoms with Gasteiger partial charge in [0, 0.05) is 5.75 Å². The van der Waals surface area contributed by atoms with Crippen molar-refractivity contribution in [2.75, 3.05) is 5.75 Å². The highest BCUT2D eigenvalue weighted by atomic mass is 32.1. The molecule has 128 valence electrons. The Bertz CT molecular complexity index is 404. The van der Waals surface area contributed by atoms with Crippen molar-refractivity contribution in [3.8, 4) is 0 Å². The Morgan fingerprint density at radius 1 is 1.14 bits per heavy atom. The number of nitrogens with one attached hydrogen (secondary N) is 2. The SMILES string of the molecule is CCC(C)C(NC(=O)C(CS)NC(=O)C(N)C(C)C)C(=O)O. The molecule has 0 saturated heterocycles. The molecule has 0 heterocycles. The van der Waals surface area contributed by atoms with Crippen molar-refractivity contribution >= 4 is 30.4 Å². The summed E-state index contributed by atoms with van der Waals surface area (Å²) < 4.78 is 0. The van der Waals surface area contributed by atoms with Gasteiger partial charge in [-0.15, -0.1) is 0 Å². The maximum absolute atomic E-state index is 12.2. The lowest BCUT2D eigenvalue weighted by Crippen LogP contribution is -2.57. The summed E-state index contributed by atoms with van der Waals surface area (Å²) in [6.45, 7) is 7.17. The summed E-state index contributed by atoms with van der Waals surface area (Å²) in [4.78, 5) is 35.3. The molecule has 0 aliphatic carbocycles. The number of carboxylic acid groups (broad SMARTS) is 1. The molecule has 0 radical (unpaired) electrons. The highest BCUT2D eigenvalue weighted by Crippen LogP contribution is 2.08. The maximum atomic E-state index is 12.2. The predicted molar refractivity (Wildman–Crippen MR) is 87.6 cm³/mol. The van der Waals surface area contributed by atoms with Crippen LogP contribution in [0.1, 0.15) is 34.1 Å². The maximum Gasteiger partial charge on any atom is 0.326 e. The summed E-state index contributed by atoms with van der Waals surface area (Å²) in [5.74, 6) is -2.39. The van der Waals surface area contributed by atoms with Crippen LogP contribution in [0.3, 0.4) is 0 Å². The van der Waals surface area contributed by atoms with Crippen LogP contribution >= 0.6 is 12.6 Å². The summed E-state index contributed by atoms with van der Waals surface area (Å²) in [6.07, 6.45) is 0.605. The summed E-state index contributed by atoms with van der Waals surface area (Å²) in [7, 11) is 0. The van der Waals surface area contributed by atoms with E-state index in [1.165, 1.54) is 0 Å². The van der Waals surface area contributed by atoms with E-state index >= 15 is 0 Å². The standard InChI is InChI=1S/C14H27N3O4S/c1-5-8(4)11(14(20)21)17-12(18)9(6-22)16-13(19)10(15)7(2)3/h7-11,22H,5-6,15H2,1-4H3,(H,16,19)(H,17,18)(H,20,21). The van der Waals surface area contributed by atoms with Crippen molar-refractivity contribution in [3.05, 3.63) is 0 Å². The average Bonchev–Trinajstić information content (AvgIpc) is 2.47. The number of carbonyl (C=O) groups excluding carboxylic acids is 2. The van der Waals surface area contributed by atoms with Gasteiger partial charge < -0.3 is 21.5 Å². The first kappa shape index (κ1) is 20.7. The van der Waals surface area contributed by atoms with Crippen LogP contribution in [-0.4, -0.2) is 46.8 Å². The number of aliphatic carboxylic acids is 1. The molecule has 5 N–H and O–H groups in total. The first-order chi connectivity index (χ1) is 10.1. The average molecular weight is 333 g/mol. The van der Waals surface area contributed by atoms with Crippen molar-refractivity contribution in [1.29, 1.82) is 0 Å². The van der Waals surface area contributed by atoms with Crippen LogP contribution in [0.2, 0.25) is 0 Å². The minimum Gasteiger partial charge on any atom is -0.480 e. The quantitative estimate of drug-likeness (QED) is 0.380. The zero-order valence-electron chi connectivity index (χ0n) is 13.5. The van der Waals surface area contributed by atoms with E-state index < -0.39 is 35.9 Å². The molecule has 22 heavy (non-hydrogen) atoms. The van der Waals surface area contributed by atoms with Gasteiger partial charge >= 0.3 is 5.97 Å². The number of thiol groups is 1. The van der Waals surface area contributed by atoms with Crippen LogP contribution in [0, 0.1) is 11.8 Å². The summed E-state index contributed by atoms with van der Waals surface area (Å²) >= 11 is 4.03. The Hall–Kier alpha value is -1.28. The highest BCUT2D eigenvalue weighted by Gasteiger charge is 2.30. The fourth-order valence-corrected chi connectivity index (χ4v) is 1.96. The molecule has 0 aromatic rings. The predicted octanol–water partition coefficient (Wildman–Crippen LogP) is -0.000200. The fraction of sp³-hybridized carbons (Fsp3) is 0.786. The number of rotatable bonds is 9. The van der Waals surface area contributed by atoms with Gasteiger partial charge in [0.25, 0.3) is 0 Å². The first-order valence-corrected chi connectivity index (χ1v) is 7.98. The lowest BCUT2D eigenvalue weighted by Gasteiger charge is -2.25. The lowest BCUT2D eigenvalue weighted by atomic mass is 9.99. The van der Waals surface area contributed by atoms with Gasteiger partial charge in [-0.2, -0.15) is 12.6 Å². The molecule has 7 nitrogen and oxygen atoms in total. The summed E-state index contributed by atoms with van der Waals surface area (Å²) in [5.41, 5.74) is 5.72. The molecule has 0 spiro atoms. The number of carboxylic acids is 1. The van der Waals surface area contributed by atoms with Crippen LogP contribution in [0.5, 0.6) is 0 Å². The number of carbonyl (C=O) groups is 3. The monoisotopic (exact) mass is 333 g/mol. The number of hydrogen-bond donors (Lipinski definition) is 5. The summed E-state index contributed by atoms with van der Waals surface area (Å²) in [5, 5.41) is 14.1. The largest absolute Gasteiger partial charge is 0.480 e. The molecule has 0 rings (SSSR count). The van der Waals surface area contributed by atoms with Crippen molar-refractivity contribution in [2.24, 2.45) is 17.6 Å². The molecule has 0 aromatic carbocycles. The molecule has 8 heteroatoms. The van der Waals surface area contributed by atoms with Gasteiger partial charge in [0.05, 0.1) is 6.04 Å². The molecule has 4 unspecified atom stereocenters. The Kier molecular flexibility index (Phi) is 9.12. The molecule has 0 aromatic heterocycles. The second-order valence-corrected chi connectivity index (χ2v) is 6.09. The topological polar surface area (TPSA) is 122 Å². The Labute approximate surface area is 136 Å². The molecule has 4 atom stereocenters. The van der Waals surface area contributed by atoms with Gasteiger partial charge in [0.2, 0.25) is 11.8 Å². The second kappa shape index (κ2) is 9.68. The minimum atomic E-state index is -1.11. The molecule has 0 saturated carbocycles.